The Morgan fingerprint density at radius 3 is 3.08 bits per heavy atom. The second-order valence-electron chi connectivity index (χ2n) is 6.10. The van der Waals surface area contributed by atoms with Crippen molar-refractivity contribution in [2.75, 3.05) is 6.54 Å². The van der Waals surface area contributed by atoms with Crippen molar-refractivity contribution >= 4 is 28.6 Å². The summed E-state index contributed by atoms with van der Waals surface area (Å²) in [7, 11) is 0. The van der Waals surface area contributed by atoms with E-state index in [1.165, 1.54) is 34.8 Å². The van der Waals surface area contributed by atoms with E-state index in [4.69, 9.17) is 9.51 Å². The molecule has 0 spiro atoms. The third kappa shape index (κ3) is 3.82. The number of aromatic nitrogens is 2. The van der Waals surface area contributed by atoms with Gasteiger partial charge in [0.05, 0.1) is 15.6 Å². The number of carbonyl (C=O) groups excluding carboxylic acids is 1. The van der Waals surface area contributed by atoms with E-state index in [2.05, 4.69) is 10.5 Å². The van der Waals surface area contributed by atoms with Gasteiger partial charge in [-0.1, -0.05) is 11.2 Å². The van der Waals surface area contributed by atoms with Gasteiger partial charge in [0.1, 0.15) is 0 Å². The first-order valence-corrected chi connectivity index (χ1v) is 10.3. The molecule has 5 nitrogen and oxygen atoms in total. The topological polar surface area (TPSA) is 68.0 Å². The van der Waals surface area contributed by atoms with E-state index in [-0.39, 0.29) is 5.91 Å². The van der Waals surface area contributed by atoms with Crippen LogP contribution in [0.1, 0.15) is 45.3 Å². The van der Waals surface area contributed by atoms with Gasteiger partial charge >= 0.3 is 0 Å². The van der Waals surface area contributed by atoms with Crippen LogP contribution in [0.4, 0.5) is 0 Å². The predicted molar refractivity (Wildman–Crippen MR) is 99.2 cm³/mol. The van der Waals surface area contributed by atoms with Gasteiger partial charge in [-0.25, -0.2) is 4.98 Å². The Morgan fingerprint density at radius 1 is 1.32 bits per heavy atom. The van der Waals surface area contributed by atoms with Gasteiger partial charge in [-0.3, -0.25) is 4.79 Å². The third-order valence-electron chi connectivity index (χ3n) is 4.25. The lowest BCUT2D eigenvalue weighted by Crippen LogP contribution is -2.25. The van der Waals surface area contributed by atoms with Gasteiger partial charge in [0, 0.05) is 23.9 Å². The van der Waals surface area contributed by atoms with E-state index in [0.29, 0.717) is 18.0 Å². The zero-order valence-corrected chi connectivity index (χ0v) is 15.4. The molecule has 0 saturated heterocycles. The van der Waals surface area contributed by atoms with Crippen LogP contribution in [0.15, 0.2) is 28.1 Å². The lowest BCUT2D eigenvalue weighted by molar-refractivity contribution is 0.0944. The zero-order chi connectivity index (χ0) is 17.1. The van der Waals surface area contributed by atoms with Crippen molar-refractivity contribution in [1.29, 1.82) is 0 Å². The van der Waals surface area contributed by atoms with Crippen LogP contribution in [0.25, 0.3) is 10.6 Å². The molecule has 0 fully saturated rings. The molecule has 0 atom stereocenters. The van der Waals surface area contributed by atoms with Crippen LogP contribution in [0.2, 0.25) is 0 Å². The summed E-state index contributed by atoms with van der Waals surface area (Å²) in [6, 6.07) is 5.58. The number of nitrogens with zero attached hydrogens (tertiary/aromatic N) is 2. The van der Waals surface area contributed by atoms with Crippen molar-refractivity contribution in [3.05, 3.63) is 44.9 Å². The minimum atomic E-state index is -0.190. The SMILES string of the molecule is O=C(NCCCc1nc2c(s1)CCCC2)c1cc(-c2cccs2)on1. The first-order chi connectivity index (χ1) is 12.3. The number of fused-ring (bicyclic) bond motifs is 1. The molecule has 0 radical (unpaired) electrons. The molecule has 0 unspecified atom stereocenters. The smallest absolute Gasteiger partial charge is 0.273 e. The monoisotopic (exact) mass is 373 g/mol. The van der Waals surface area contributed by atoms with Crippen molar-refractivity contribution in [3.8, 4) is 10.6 Å². The largest absolute Gasteiger partial charge is 0.355 e. The normalized spacial score (nSPS) is 13.6. The quantitative estimate of drug-likeness (QED) is 0.661. The molecule has 3 aromatic heterocycles. The molecule has 7 heteroatoms. The number of nitrogens with one attached hydrogen (secondary N) is 1. The van der Waals surface area contributed by atoms with Crippen molar-refractivity contribution < 1.29 is 9.32 Å². The van der Waals surface area contributed by atoms with Gasteiger partial charge in [0.25, 0.3) is 5.91 Å². The molecule has 25 heavy (non-hydrogen) atoms. The van der Waals surface area contributed by atoms with Crippen molar-refractivity contribution in [1.82, 2.24) is 15.5 Å². The summed E-state index contributed by atoms with van der Waals surface area (Å²) < 4.78 is 5.24. The van der Waals surface area contributed by atoms with Crippen LogP contribution >= 0.6 is 22.7 Å². The highest BCUT2D eigenvalue weighted by molar-refractivity contribution is 7.13. The molecule has 3 heterocycles. The number of hydrogen-bond donors (Lipinski definition) is 1. The van der Waals surface area contributed by atoms with Crippen LogP contribution in [-0.4, -0.2) is 22.6 Å². The van der Waals surface area contributed by atoms with E-state index in [9.17, 15) is 4.79 Å². The van der Waals surface area contributed by atoms with Crippen molar-refractivity contribution in [2.24, 2.45) is 0 Å². The number of hydrogen-bond acceptors (Lipinski definition) is 6. The van der Waals surface area contributed by atoms with E-state index < -0.39 is 0 Å². The van der Waals surface area contributed by atoms with Crippen LogP contribution in [0, 0.1) is 0 Å². The molecule has 1 aliphatic rings. The molecular formula is C18H19N3O2S2. The maximum atomic E-state index is 12.2. The number of rotatable bonds is 6. The molecule has 0 aromatic carbocycles. The van der Waals surface area contributed by atoms with E-state index in [0.717, 1.165) is 24.1 Å². The average Bonchev–Trinajstić information content (AvgIpc) is 3.37. The summed E-state index contributed by atoms with van der Waals surface area (Å²) in [6.07, 6.45) is 6.65. The molecule has 0 saturated carbocycles. The highest BCUT2D eigenvalue weighted by Gasteiger charge is 2.16. The second-order valence-corrected chi connectivity index (χ2v) is 8.21. The van der Waals surface area contributed by atoms with E-state index in [1.54, 1.807) is 17.4 Å². The lowest BCUT2D eigenvalue weighted by atomic mass is 10.0. The number of amides is 1. The molecule has 130 valence electrons. The summed E-state index contributed by atoms with van der Waals surface area (Å²) in [6.45, 7) is 0.615. The molecule has 1 N–H and O–H groups in total. The van der Waals surface area contributed by atoms with Gasteiger partial charge in [0.15, 0.2) is 11.5 Å². The first-order valence-electron chi connectivity index (χ1n) is 8.56. The lowest BCUT2D eigenvalue weighted by Gasteiger charge is -2.06. The van der Waals surface area contributed by atoms with Gasteiger partial charge in [-0.2, -0.15) is 0 Å². The molecule has 0 aliphatic heterocycles. The predicted octanol–water partition coefficient (Wildman–Crippen LogP) is 4.10. The molecule has 1 aliphatic carbocycles. The number of thiazole rings is 1. The maximum absolute atomic E-state index is 12.2. The minimum absolute atomic E-state index is 0.190. The van der Waals surface area contributed by atoms with Gasteiger partial charge in [0.2, 0.25) is 0 Å². The first kappa shape index (κ1) is 16.5. The highest BCUT2D eigenvalue weighted by atomic mass is 32.1. The fraction of sp³-hybridized carbons (Fsp3) is 0.389. The Kier molecular flexibility index (Phi) is 4.94. The Balaban J connectivity index is 1.26. The van der Waals surface area contributed by atoms with Gasteiger partial charge < -0.3 is 9.84 Å². The molecule has 4 rings (SSSR count). The number of aryl methyl sites for hydroxylation is 3. The van der Waals surface area contributed by atoms with E-state index in [1.807, 2.05) is 28.8 Å². The highest BCUT2D eigenvalue weighted by Crippen LogP contribution is 2.27. The van der Waals surface area contributed by atoms with Crippen LogP contribution in [0.5, 0.6) is 0 Å². The summed E-state index contributed by atoms with van der Waals surface area (Å²) in [5.41, 5.74) is 1.63. The molecule has 3 aromatic rings. The maximum Gasteiger partial charge on any atom is 0.273 e. The van der Waals surface area contributed by atoms with Gasteiger partial charge in [-0.15, -0.1) is 22.7 Å². The number of thiophene rings is 1. The van der Waals surface area contributed by atoms with Crippen LogP contribution in [-0.2, 0) is 19.3 Å². The standard InChI is InChI=1S/C18H19N3O2S2/c22-18(13-11-14(23-21-13)16-7-4-10-24-16)19-9-3-8-17-20-12-5-1-2-6-15(12)25-17/h4,7,10-11H,1-3,5-6,8-9H2,(H,19,22). The fourth-order valence-corrected chi connectivity index (χ4v) is 4.83. The molecular weight excluding hydrogens is 354 g/mol. The Labute approximate surface area is 154 Å². The zero-order valence-electron chi connectivity index (χ0n) is 13.8. The summed E-state index contributed by atoms with van der Waals surface area (Å²) in [4.78, 5) is 19.3. The van der Waals surface area contributed by atoms with E-state index >= 15 is 0 Å². The average molecular weight is 374 g/mol. The van der Waals surface area contributed by atoms with Crippen molar-refractivity contribution in [3.63, 3.8) is 0 Å². The molecule has 1 amide bonds. The van der Waals surface area contributed by atoms with Crippen LogP contribution < -0.4 is 5.32 Å². The number of carbonyl (C=O) groups is 1. The Bertz CT molecular complexity index is 828. The third-order valence-corrected chi connectivity index (χ3v) is 6.35. The van der Waals surface area contributed by atoms with Crippen LogP contribution in [0.3, 0.4) is 0 Å². The summed E-state index contributed by atoms with van der Waals surface area (Å²) >= 11 is 3.40. The summed E-state index contributed by atoms with van der Waals surface area (Å²) in [5, 5.41) is 9.93. The Hall–Kier alpha value is -1.99. The Morgan fingerprint density at radius 2 is 2.24 bits per heavy atom. The summed E-state index contributed by atoms with van der Waals surface area (Å²) in [5.74, 6) is 0.443. The minimum Gasteiger partial charge on any atom is -0.355 e. The fourth-order valence-electron chi connectivity index (χ4n) is 2.96. The van der Waals surface area contributed by atoms with Gasteiger partial charge in [-0.05, 0) is 43.6 Å². The molecule has 0 bridgehead atoms. The second kappa shape index (κ2) is 7.49. The van der Waals surface area contributed by atoms with Crippen molar-refractivity contribution in [2.45, 2.75) is 38.5 Å².